The topological polar surface area (TPSA) is 96.4 Å². The van der Waals surface area contributed by atoms with Crippen molar-refractivity contribution in [3.63, 3.8) is 0 Å². The van der Waals surface area contributed by atoms with Crippen LogP contribution in [0.1, 0.15) is 31.7 Å². The van der Waals surface area contributed by atoms with Crippen LogP contribution in [0.3, 0.4) is 0 Å². The number of anilines is 1. The van der Waals surface area contributed by atoms with Crippen molar-refractivity contribution >= 4 is 51.0 Å². The lowest BCUT2D eigenvalue weighted by molar-refractivity contribution is -0.155. The number of alkyl halides is 1. The van der Waals surface area contributed by atoms with Crippen molar-refractivity contribution in [3.05, 3.63) is 54.1 Å². The quantitative estimate of drug-likeness (QED) is 0.178. The molecule has 3 unspecified atom stereocenters. The Labute approximate surface area is 236 Å². The molecule has 1 spiro atoms. The minimum Gasteiger partial charge on any atom is -0.465 e. The molecule has 206 valence electrons. The fourth-order valence-electron chi connectivity index (χ4n) is 6.21. The van der Waals surface area contributed by atoms with Crippen LogP contribution in [0, 0.1) is 18.8 Å². The van der Waals surface area contributed by atoms with Gasteiger partial charge in [0.2, 0.25) is 5.91 Å². The maximum absolute atomic E-state index is 14.5. The Morgan fingerprint density at radius 3 is 2.76 bits per heavy atom. The largest absolute Gasteiger partial charge is 0.465 e. The third kappa shape index (κ3) is 4.61. The number of aryl methyl sites for hydroxylation is 1. The van der Waals surface area contributed by atoms with Gasteiger partial charge in [-0.15, -0.1) is 13.2 Å². The summed E-state index contributed by atoms with van der Waals surface area (Å²) in [5.74, 6) is -3.09. The number of hydrogen-bond acceptors (Lipinski definition) is 6. The highest BCUT2D eigenvalue weighted by Gasteiger charge is 2.77. The summed E-state index contributed by atoms with van der Waals surface area (Å²) in [7, 11) is 0. The van der Waals surface area contributed by atoms with E-state index in [9.17, 15) is 19.5 Å². The SMILES string of the molecule is C=CCCCOC(=O)[C@H]1[C@@H]2OC3(CC2Br)C(C(=O)N(CC=C)c2c(C)cccc2Cl)N([C@H](C)CO)C(=O)[C@H]13. The number of carbonyl (C=O) groups excluding carboxylic acids is 3. The number of hydrogen-bond donors (Lipinski definition) is 1. The molecule has 7 atom stereocenters. The van der Waals surface area contributed by atoms with Gasteiger partial charge < -0.3 is 24.4 Å². The molecule has 2 bridgehead atoms. The second-order valence-corrected chi connectivity index (χ2v) is 11.8. The molecule has 3 aliphatic rings. The van der Waals surface area contributed by atoms with Crippen molar-refractivity contribution in [1.82, 2.24) is 4.90 Å². The number of allylic oxidation sites excluding steroid dienone is 1. The van der Waals surface area contributed by atoms with Gasteiger partial charge in [0.1, 0.15) is 11.6 Å². The Morgan fingerprint density at radius 1 is 1.39 bits per heavy atom. The normalized spacial score (nSPS) is 30.2. The lowest BCUT2D eigenvalue weighted by Gasteiger charge is -2.39. The maximum atomic E-state index is 14.5. The van der Waals surface area contributed by atoms with Crippen LogP contribution in [0.4, 0.5) is 5.69 Å². The van der Waals surface area contributed by atoms with Gasteiger partial charge in [-0.2, -0.15) is 0 Å². The van der Waals surface area contributed by atoms with Gasteiger partial charge in [-0.1, -0.05) is 51.8 Å². The van der Waals surface area contributed by atoms with E-state index in [1.807, 2.05) is 13.0 Å². The summed E-state index contributed by atoms with van der Waals surface area (Å²) in [6, 6.07) is 3.59. The number of halogens is 2. The molecule has 3 aliphatic heterocycles. The first-order valence-corrected chi connectivity index (χ1v) is 14.1. The van der Waals surface area contributed by atoms with E-state index in [2.05, 4.69) is 29.1 Å². The molecule has 2 amide bonds. The Kier molecular flexibility index (Phi) is 8.71. The van der Waals surface area contributed by atoms with E-state index in [4.69, 9.17) is 21.1 Å². The van der Waals surface area contributed by atoms with Gasteiger partial charge >= 0.3 is 5.97 Å². The number of unbranched alkanes of at least 4 members (excludes halogenated alkanes) is 1. The molecule has 0 aliphatic carbocycles. The van der Waals surface area contributed by atoms with Gasteiger partial charge in [-0.25, -0.2) is 0 Å². The number of ether oxygens (including phenoxy) is 2. The van der Waals surface area contributed by atoms with E-state index in [1.165, 1.54) is 9.80 Å². The first-order chi connectivity index (χ1) is 18.1. The molecule has 10 heteroatoms. The Morgan fingerprint density at radius 2 is 2.13 bits per heavy atom. The number of rotatable bonds is 11. The van der Waals surface area contributed by atoms with E-state index in [0.717, 1.165) is 5.56 Å². The second-order valence-electron chi connectivity index (χ2n) is 10.2. The van der Waals surface area contributed by atoms with Crippen LogP contribution < -0.4 is 4.90 Å². The standard InChI is InChI=1S/C28H34BrClN2O6/c1-5-7-8-13-37-27(36)20-21-25(34)32(17(4)15-33)24(28(21)14-18(29)23(20)38-28)26(35)31(12-6-2)22-16(3)10-9-11-19(22)30/h5-6,9-11,17-18,20-21,23-24,33H,1-2,7-8,12-15H2,3-4H3/t17-,18?,20-,21+,23-,24?,28?/m1/s1. The zero-order chi connectivity index (χ0) is 27.8. The van der Waals surface area contributed by atoms with Gasteiger partial charge in [-0.3, -0.25) is 14.4 Å². The molecule has 0 saturated carbocycles. The molecule has 38 heavy (non-hydrogen) atoms. The number of amides is 2. The summed E-state index contributed by atoms with van der Waals surface area (Å²) in [5.41, 5.74) is 0.0309. The van der Waals surface area contributed by atoms with Gasteiger partial charge in [-0.05, 0) is 44.7 Å². The summed E-state index contributed by atoms with van der Waals surface area (Å²) in [5, 5.41) is 10.5. The zero-order valence-electron chi connectivity index (χ0n) is 21.6. The molecule has 0 aromatic heterocycles. The van der Waals surface area contributed by atoms with Crippen LogP contribution in [0.15, 0.2) is 43.5 Å². The lowest BCUT2D eigenvalue weighted by atomic mass is 9.70. The third-order valence-electron chi connectivity index (χ3n) is 7.81. The summed E-state index contributed by atoms with van der Waals surface area (Å²) in [6.45, 7) is 11.0. The molecule has 1 N–H and O–H groups in total. The van der Waals surface area contributed by atoms with Gasteiger partial charge in [0.05, 0.1) is 47.9 Å². The lowest BCUT2D eigenvalue weighted by Crippen LogP contribution is -2.59. The van der Waals surface area contributed by atoms with Crippen LogP contribution in [-0.4, -0.2) is 76.2 Å². The first-order valence-electron chi connectivity index (χ1n) is 12.8. The first kappa shape index (κ1) is 28.8. The highest BCUT2D eigenvalue weighted by Crippen LogP contribution is 2.60. The van der Waals surface area contributed by atoms with Gasteiger partial charge in [0.25, 0.3) is 5.91 Å². The Balaban J connectivity index is 1.78. The summed E-state index contributed by atoms with van der Waals surface area (Å²) in [4.78, 5) is 44.5. The zero-order valence-corrected chi connectivity index (χ0v) is 24.0. The number of aliphatic hydroxyl groups excluding tert-OH is 1. The summed E-state index contributed by atoms with van der Waals surface area (Å²) < 4.78 is 12.0. The predicted molar refractivity (Wildman–Crippen MR) is 148 cm³/mol. The Hall–Kier alpha value is -2.20. The van der Waals surface area contributed by atoms with Crippen molar-refractivity contribution < 1.29 is 29.0 Å². The van der Waals surface area contributed by atoms with E-state index in [0.29, 0.717) is 30.0 Å². The van der Waals surface area contributed by atoms with Crippen molar-refractivity contribution in [3.8, 4) is 0 Å². The van der Waals surface area contributed by atoms with Crippen LogP contribution >= 0.6 is 27.5 Å². The highest BCUT2D eigenvalue weighted by atomic mass is 79.9. The molecule has 3 fully saturated rings. The molecule has 0 radical (unpaired) electrons. The number of likely N-dealkylation sites (tertiary alicyclic amines) is 1. The third-order valence-corrected chi connectivity index (χ3v) is 8.96. The van der Waals surface area contributed by atoms with Crippen LogP contribution in [-0.2, 0) is 23.9 Å². The van der Waals surface area contributed by atoms with Crippen molar-refractivity contribution in [2.75, 3.05) is 24.7 Å². The smallest absolute Gasteiger partial charge is 0.312 e. The number of fused-ring (bicyclic) bond motifs is 1. The Bertz CT molecular complexity index is 1110. The van der Waals surface area contributed by atoms with Gasteiger partial charge in [0.15, 0.2) is 0 Å². The van der Waals surface area contributed by atoms with Crippen molar-refractivity contribution in [1.29, 1.82) is 0 Å². The van der Waals surface area contributed by atoms with E-state index in [1.54, 1.807) is 31.2 Å². The van der Waals surface area contributed by atoms with E-state index in [-0.39, 0.29) is 24.6 Å². The summed E-state index contributed by atoms with van der Waals surface area (Å²) in [6.07, 6.45) is 4.40. The molecular weight excluding hydrogens is 576 g/mol. The summed E-state index contributed by atoms with van der Waals surface area (Å²) >= 11 is 10.2. The number of benzene rings is 1. The number of para-hydroxylation sites is 1. The van der Waals surface area contributed by atoms with Gasteiger partial charge in [0, 0.05) is 11.4 Å². The number of esters is 1. The molecule has 3 heterocycles. The van der Waals surface area contributed by atoms with Crippen LogP contribution in [0.2, 0.25) is 5.02 Å². The number of nitrogens with zero attached hydrogens (tertiary/aromatic N) is 2. The fraction of sp³-hybridized carbons (Fsp3) is 0.536. The molecule has 8 nitrogen and oxygen atoms in total. The van der Waals surface area contributed by atoms with Crippen LogP contribution in [0.5, 0.6) is 0 Å². The molecule has 4 rings (SSSR count). The van der Waals surface area contributed by atoms with E-state index < -0.39 is 53.4 Å². The molecule has 1 aromatic rings. The minimum absolute atomic E-state index is 0.145. The minimum atomic E-state index is -1.27. The van der Waals surface area contributed by atoms with Crippen LogP contribution in [0.25, 0.3) is 0 Å². The average Bonchev–Trinajstić information content (AvgIpc) is 3.48. The number of carbonyl (C=O) groups is 3. The molecule has 1 aromatic carbocycles. The van der Waals surface area contributed by atoms with Crippen molar-refractivity contribution in [2.24, 2.45) is 11.8 Å². The number of aliphatic hydroxyl groups is 1. The predicted octanol–water partition coefficient (Wildman–Crippen LogP) is 3.81. The van der Waals surface area contributed by atoms with Crippen molar-refractivity contribution in [2.45, 2.75) is 61.7 Å². The highest BCUT2D eigenvalue weighted by molar-refractivity contribution is 9.09. The second kappa shape index (κ2) is 11.5. The maximum Gasteiger partial charge on any atom is 0.312 e. The van der Waals surface area contributed by atoms with E-state index >= 15 is 0 Å². The fourth-order valence-corrected chi connectivity index (χ4v) is 7.47. The molecule has 3 saturated heterocycles. The molecular formula is C28H34BrClN2O6. The monoisotopic (exact) mass is 608 g/mol. The average molecular weight is 610 g/mol.